The van der Waals surface area contributed by atoms with Gasteiger partial charge in [0.15, 0.2) is 0 Å². The van der Waals surface area contributed by atoms with Gasteiger partial charge < -0.3 is 5.11 Å². The lowest BCUT2D eigenvalue weighted by molar-refractivity contribution is -0.139. The molecule has 3 heteroatoms. The second-order valence-corrected chi connectivity index (χ2v) is 4.95. The highest BCUT2D eigenvalue weighted by Gasteiger charge is 2.32. The molecular weight excluding hydrogens is 214 g/mol. The van der Waals surface area contributed by atoms with Crippen molar-refractivity contribution in [2.75, 3.05) is 13.1 Å². The summed E-state index contributed by atoms with van der Waals surface area (Å²) in [4.78, 5) is 12.9. The molecule has 0 bridgehead atoms. The van der Waals surface area contributed by atoms with Crippen LogP contribution < -0.4 is 0 Å². The third-order valence-corrected chi connectivity index (χ3v) is 3.63. The van der Waals surface area contributed by atoms with Gasteiger partial charge in [0, 0.05) is 19.1 Å². The molecule has 2 rings (SSSR count). The van der Waals surface area contributed by atoms with Crippen molar-refractivity contribution in [3.8, 4) is 0 Å². The van der Waals surface area contributed by atoms with E-state index in [4.69, 9.17) is 5.11 Å². The molecule has 0 radical (unpaired) electrons. The van der Waals surface area contributed by atoms with Crippen molar-refractivity contribution < 1.29 is 9.90 Å². The second kappa shape index (κ2) is 4.88. The minimum Gasteiger partial charge on any atom is -0.481 e. The van der Waals surface area contributed by atoms with Gasteiger partial charge in [0.2, 0.25) is 0 Å². The Morgan fingerprint density at radius 1 is 1.47 bits per heavy atom. The highest BCUT2D eigenvalue weighted by molar-refractivity contribution is 5.67. The van der Waals surface area contributed by atoms with Gasteiger partial charge in [0.1, 0.15) is 0 Å². The molecule has 0 saturated carbocycles. The van der Waals surface area contributed by atoms with E-state index in [1.165, 1.54) is 11.1 Å². The summed E-state index contributed by atoms with van der Waals surface area (Å²) < 4.78 is 0. The average molecular weight is 233 g/mol. The molecule has 1 heterocycles. The highest BCUT2D eigenvalue weighted by Crippen LogP contribution is 2.31. The number of aliphatic carboxylic acids is 1. The molecule has 1 aliphatic heterocycles. The Morgan fingerprint density at radius 3 is 2.71 bits per heavy atom. The van der Waals surface area contributed by atoms with Crippen molar-refractivity contribution in [3.05, 3.63) is 35.4 Å². The lowest BCUT2D eigenvalue weighted by Gasteiger charge is -2.43. The van der Waals surface area contributed by atoms with E-state index in [0.29, 0.717) is 18.4 Å². The summed E-state index contributed by atoms with van der Waals surface area (Å²) in [7, 11) is 0. The first-order chi connectivity index (χ1) is 8.08. The Bertz CT molecular complexity index is 410. The van der Waals surface area contributed by atoms with E-state index in [-0.39, 0.29) is 0 Å². The standard InChI is InChI=1S/C14H19NO2/c1-10-5-3-4-6-13(10)11(2)15-8-12(9-15)7-14(16)17/h3-6,11-12H,7-9H2,1-2H3,(H,16,17). The summed E-state index contributed by atoms with van der Waals surface area (Å²) in [5.41, 5.74) is 2.66. The maximum Gasteiger partial charge on any atom is 0.303 e. The van der Waals surface area contributed by atoms with Crippen LogP contribution in [0.5, 0.6) is 0 Å². The van der Waals surface area contributed by atoms with E-state index in [1.807, 2.05) is 0 Å². The summed E-state index contributed by atoms with van der Waals surface area (Å²) in [5.74, 6) is -0.350. The third-order valence-electron chi connectivity index (χ3n) is 3.63. The number of hydrogen-bond acceptors (Lipinski definition) is 2. The summed E-state index contributed by atoms with van der Waals surface area (Å²) in [6.07, 6.45) is 0.303. The van der Waals surface area contributed by atoms with Crippen LogP contribution in [0.4, 0.5) is 0 Å². The number of nitrogens with zero attached hydrogens (tertiary/aromatic N) is 1. The Labute approximate surface area is 102 Å². The first kappa shape index (κ1) is 12.1. The molecule has 1 unspecified atom stereocenters. The Balaban J connectivity index is 1.93. The highest BCUT2D eigenvalue weighted by atomic mass is 16.4. The molecule has 0 amide bonds. The van der Waals surface area contributed by atoms with Gasteiger partial charge in [-0.15, -0.1) is 0 Å². The predicted molar refractivity (Wildman–Crippen MR) is 66.9 cm³/mol. The number of carboxylic acid groups (broad SMARTS) is 1. The first-order valence-electron chi connectivity index (χ1n) is 6.09. The fraction of sp³-hybridized carbons (Fsp3) is 0.500. The maximum absolute atomic E-state index is 10.6. The van der Waals surface area contributed by atoms with Gasteiger partial charge in [-0.25, -0.2) is 0 Å². The van der Waals surface area contributed by atoms with Crippen LogP contribution in [0, 0.1) is 12.8 Å². The fourth-order valence-electron chi connectivity index (χ4n) is 2.55. The Hall–Kier alpha value is -1.35. The molecule has 1 aromatic carbocycles. The van der Waals surface area contributed by atoms with E-state index in [9.17, 15) is 4.79 Å². The zero-order valence-electron chi connectivity index (χ0n) is 10.4. The molecule has 0 aliphatic carbocycles. The minimum absolute atomic E-state index is 0.303. The molecule has 1 saturated heterocycles. The van der Waals surface area contributed by atoms with E-state index >= 15 is 0 Å². The van der Waals surface area contributed by atoms with E-state index in [0.717, 1.165) is 13.1 Å². The number of benzene rings is 1. The molecule has 1 aliphatic rings. The lowest BCUT2D eigenvalue weighted by atomic mass is 9.91. The van der Waals surface area contributed by atoms with Crippen LogP contribution in [0.2, 0.25) is 0 Å². The van der Waals surface area contributed by atoms with Gasteiger partial charge in [0.05, 0.1) is 6.42 Å². The molecule has 1 fully saturated rings. The maximum atomic E-state index is 10.6. The van der Waals surface area contributed by atoms with Crippen LogP contribution >= 0.6 is 0 Å². The first-order valence-corrected chi connectivity index (χ1v) is 6.09. The lowest BCUT2D eigenvalue weighted by Crippen LogP contribution is -2.48. The monoisotopic (exact) mass is 233 g/mol. The SMILES string of the molecule is Cc1ccccc1C(C)N1CC(CC(=O)O)C1. The molecule has 0 spiro atoms. The van der Waals surface area contributed by atoms with Gasteiger partial charge in [-0.1, -0.05) is 24.3 Å². The third kappa shape index (κ3) is 2.67. The Kier molecular flexibility index (Phi) is 3.48. The largest absolute Gasteiger partial charge is 0.481 e. The minimum atomic E-state index is -0.682. The van der Waals surface area contributed by atoms with Crippen molar-refractivity contribution in [1.29, 1.82) is 0 Å². The molecule has 0 aromatic heterocycles. The van der Waals surface area contributed by atoms with Crippen LogP contribution in [0.25, 0.3) is 0 Å². The van der Waals surface area contributed by atoms with Crippen LogP contribution in [-0.4, -0.2) is 29.1 Å². The number of rotatable bonds is 4. The number of hydrogen-bond donors (Lipinski definition) is 1. The zero-order valence-corrected chi connectivity index (χ0v) is 10.4. The second-order valence-electron chi connectivity index (χ2n) is 4.95. The number of likely N-dealkylation sites (tertiary alicyclic amines) is 1. The van der Waals surface area contributed by atoms with Gasteiger partial charge in [-0.05, 0) is 30.9 Å². The van der Waals surface area contributed by atoms with Gasteiger partial charge in [0.25, 0.3) is 0 Å². The van der Waals surface area contributed by atoms with E-state index < -0.39 is 5.97 Å². The molecule has 17 heavy (non-hydrogen) atoms. The predicted octanol–water partition coefficient (Wildman–Crippen LogP) is 2.46. The smallest absolute Gasteiger partial charge is 0.303 e. The number of carboxylic acids is 1. The van der Waals surface area contributed by atoms with Crippen molar-refractivity contribution in [1.82, 2.24) is 4.90 Å². The van der Waals surface area contributed by atoms with Crippen molar-refractivity contribution in [3.63, 3.8) is 0 Å². The molecule has 1 atom stereocenters. The zero-order chi connectivity index (χ0) is 12.4. The number of carbonyl (C=O) groups is 1. The summed E-state index contributed by atoms with van der Waals surface area (Å²) in [6, 6.07) is 8.79. The van der Waals surface area contributed by atoms with Crippen molar-refractivity contribution >= 4 is 5.97 Å². The number of aryl methyl sites for hydroxylation is 1. The van der Waals surface area contributed by atoms with Crippen molar-refractivity contribution in [2.24, 2.45) is 5.92 Å². The van der Waals surface area contributed by atoms with Crippen LogP contribution in [0.1, 0.15) is 30.5 Å². The van der Waals surface area contributed by atoms with Crippen molar-refractivity contribution in [2.45, 2.75) is 26.3 Å². The molecule has 92 valence electrons. The molecule has 1 N–H and O–H groups in total. The summed E-state index contributed by atoms with van der Waals surface area (Å²) >= 11 is 0. The topological polar surface area (TPSA) is 40.5 Å². The molecule has 3 nitrogen and oxygen atoms in total. The Morgan fingerprint density at radius 2 is 2.12 bits per heavy atom. The van der Waals surface area contributed by atoms with E-state index in [1.54, 1.807) is 0 Å². The summed E-state index contributed by atoms with van der Waals surface area (Å²) in [5, 5.41) is 8.72. The molecule has 1 aromatic rings. The van der Waals surface area contributed by atoms with Crippen LogP contribution in [0.3, 0.4) is 0 Å². The fourth-order valence-corrected chi connectivity index (χ4v) is 2.55. The van der Waals surface area contributed by atoms with E-state index in [2.05, 4.69) is 43.0 Å². The normalized spacial score (nSPS) is 18.7. The average Bonchev–Trinajstić information content (AvgIpc) is 2.22. The molecular formula is C14H19NO2. The van der Waals surface area contributed by atoms with Crippen LogP contribution in [0.15, 0.2) is 24.3 Å². The van der Waals surface area contributed by atoms with Gasteiger partial charge >= 0.3 is 5.97 Å². The van der Waals surface area contributed by atoms with Gasteiger partial charge in [-0.2, -0.15) is 0 Å². The summed E-state index contributed by atoms with van der Waals surface area (Å²) in [6.45, 7) is 6.13. The quantitative estimate of drug-likeness (QED) is 0.868. The van der Waals surface area contributed by atoms with Crippen LogP contribution in [-0.2, 0) is 4.79 Å². The van der Waals surface area contributed by atoms with Gasteiger partial charge in [-0.3, -0.25) is 9.69 Å².